The van der Waals surface area contributed by atoms with Gasteiger partial charge in [-0.2, -0.15) is 15.0 Å². The lowest BCUT2D eigenvalue weighted by molar-refractivity contribution is 0.101. The molecule has 5 rings (SSSR count). The van der Waals surface area contributed by atoms with Crippen molar-refractivity contribution in [3.63, 3.8) is 0 Å². The van der Waals surface area contributed by atoms with E-state index in [4.69, 9.17) is 5.11 Å². The first-order valence-electron chi connectivity index (χ1n) is 7.07. The molecule has 0 aliphatic heterocycles. The van der Waals surface area contributed by atoms with Gasteiger partial charge in [0.1, 0.15) is 16.8 Å². The third kappa shape index (κ3) is 2.35. The molecule has 1 aromatic heterocycles. The number of hydrogen-bond donors (Lipinski definition) is 1. The van der Waals surface area contributed by atoms with Crippen LogP contribution in [0.5, 0.6) is 5.75 Å². The summed E-state index contributed by atoms with van der Waals surface area (Å²) in [4.78, 5) is 12.5. The van der Waals surface area contributed by atoms with Gasteiger partial charge in [0.15, 0.2) is 0 Å². The number of nitrogens with zero attached hydrogens (tertiary/aromatic N) is 3. The van der Waals surface area contributed by atoms with E-state index in [0.29, 0.717) is 11.1 Å². The fourth-order valence-corrected chi connectivity index (χ4v) is 2.15. The highest BCUT2D eigenvalue weighted by Gasteiger charge is 2.27. The Hall–Kier alpha value is -2.69. The second-order valence-electron chi connectivity index (χ2n) is 6.18. The molecular formula is C17H17N3O2. The maximum atomic E-state index is 10.7. The van der Waals surface area contributed by atoms with Gasteiger partial charge in [0.25, 0.3) is 0 Å². The number of phenolic OH excluding ortho intramolecular Hbond substituents is 1. The Kier molecular flexibility index (Phi) is 3.20. The van der Waals surface area contributed by atoms with E-state index in [1.165, 1.54) is 0 Å². The predicted octanol–water partition coefficient (Wildman–Crippen LogP) is 3.12. The Morgan fingerprint density at radius 3 is 1.73 bits per heavy atom. The van der Waals surface area contributed by atoms with Crippen LogP contribution in [0.2, 0.25) is 0 Å². The zero-order valence-corrected chi connectivity index (χ0v) is 12.7. The predicted molar refractivity (Wildman–Crippen MR) is 84.1 cm³/mol. The molecule has 112 valence electrons. The summed E-state index contributed by atoms with van der Waals surface area (Å²) in [5, 5.41) is 17.7. The van der Waals surface area contributed by atoms with Crippen molar-refractivity contribution in [1.82, 2.24) is 15.0 Å². The fraction of sp³-hybridized carbons (Fsp3) is 0.235. The van der Waals surface area contributed by atoms with Crippen molar-refractivity contribution in [2.24, 2.45) is 0 Å². The Labute approximate surface area is 128 Å². The van der Waals surface area contributed by atoms with E-state index in [9.17, 15) is 4.79 Å². The van der Waals surface area contributed by atoms with Crippen molar-refractivity contribution in [2.75, 3.05) is 0 Å². The summed E-state index contributed by atoms with van der Waals surface area (Å²) in [5.41, 5.74) is 2.77. The number of para-hydroxylation sites is 1. The average Bonchev–Trinajstić information content (AvgIpc) is 2.93. The highest BCUT2D eigenvalue weighted by atomic mass is 16.3. The Morgan fingerprint density at radius 2 is 1.41 bits per heavy atom. The van der Waals surface area contributed by atoms with Gasteiger partial charge in [-0.15, -0.1) is 0 Å². The molecule has 0 amide bonds. The molecular weight excluding hydrogens is 278 g/mol. The monoisotopic (exact) mass is 295 g/mol. The highest BCUT2D eigenvalue weighted by molar-refractivity contribution is 6.21. The third-order valence-electron chi connectivity index (χ3n) is 3.41. The SMILES string of the molecule is CC(C)(C)n1nc2ccccc2n1.O=C1c2cccc1c2O. The molecule has 5 nitrogen and oxygen atoms in total. The Bertz CT molecular complexity index is 802. The van der Waals surface area contributed by atoms with Gasteiger partial charge >= 0.3 is 0 Å². The van der Waals surface area contributed by atoms with Crippen LogP contribution in [0.4, 0.5) is 0 Å². The number of benzene rings is 2. The molecule has 0 radical (unpaired) electrons. The van der Waals surface area contributed by atoms with Crippen molar-refractivity contribution < 1.29 is 9.90 Å². The van der Waals surface area contributed by atoms with Crippen LogP contribution in [-0.4, -0.2) is 25.9 Å². The van der Waals surface area contributed by atoms with E-state index < -0.39 is 0 Å². The summed E-state index contributed by atoms with van der Waals surface area (Å²) < 4.78 is 0. The molecule has 3 aromatic rings. The van der Waals surface area contributed by atoms with Gasteiger partial charge in [-0.25, -0.2) is 0 Å². The standard InChI is InChI=1S/C10H13N3.C7H4O2/c1-10(2,3)13-11-8-6-4-5-7-9(8)12-13;8-6-4-2-1-3-5(6)7(4)9/h4-7H,1-3H3;1-3,8H. The zero-order chi connectivity index (χ0) is 15.9. The van der Waals surface area contributed by atoms with Crippen molar-refractivity contribution in [2.45, 2.75) is 26.3 Å². The van der Waals surface area contributed by atoms with Crippen molar-refractivity contribution in [3.05, 3.63) is 53.6 Å². The summed E-state index contributed by atoms with van der Waals surface area (Å²) in [7, 11) is 0. The van der Waals surface area contributed by atoms with Crippen LogP contribution < -0.4 is 0 Å². The first kappa shape index (κ1) is 14.3. The van der Waals surface area contributed by atoms with E-state index in [1.807, 2.05) is 24.3 Å². The van der Waals surface area contributed by atoms with Gasteiger partial charge in [0.05, 0.1) is 16.7 Å². The van der Waals surface area contributed by atoms with Crippen molar-refractivity contribution in [3.8, 4) is 5.75 Å². The van der Waals surface area contributed by atoms with E-state index in [-0.39, 0.29) is 17.1 Å². The Morgan fingerprint density at radius 1 is 0.909 bits per heavy atom. The molecule has 1 N–H and O–H groups in total. The second kappa shape index (κ2) is 4.94. The lowest BCUT2D eigenvalue weighted by Gasteiger charge is -2.16. The molecule has 0 spiro atoms. The van der Waals surface area contributed by atoms with Crippen molar-refractivity contribution >= 4 is 16.8 Å². The summed E-state index contributed by atoms with van der Waals surface area (Å²) >= 11 is 0. The van der Waals surface area contributed by atoms with Gasteiger partial charge < -0.3 is 5.11 Å². The second-order valence-corrected chi connectivity index (χ2v) is 6.18. The lowest BCUT2D eigenvalue weighted by Crippen LogP contribution is -2.24. The van der Waals surface area contributed by atoms with E-state index >= 15 is 0 Å². The minimum Gasteiger partial charge on any atom is -0.506 e. The zero-order valence-electron chi connectivity index (χ0n) is 12.7. The molecule has 0 fully saturated rings. The van der Waals surface area contributed by atoms with Gasteiger partial charge in [-0.05, 0) is 45.0 Å². The van der Waals surface area contributed by atoms with Crippen LogP contribution in [0.3, 0.4) is 0 Å². The van der Waals surface area contributed by atoms with E-state index in [1.54, 1.807) is 23.0 Å². The highest BCUT2D eigenvalue weighted by Crippen LogP contribution is 2.34. The molecule has 2 aromatic carbocycles. The molecule has 22 heavy (non-hydrogen) atoms. The van der Waals surface area contributed by atoms with Gasteiger partial charge in [-0.3, -0.25) is 4.79 Å². The number of aromatic nitrogens is 3. The van der Waals surface area contributed by atoms with Crippen LogP contribution in [0.25, 0.3) is 11.0 Å². The van der Waals surface area contributed by atoms with E-state index in [0.717, 1.165) is 11.0 Å². The number of rotatable bonds is 0. The number of hydrogen-bond acceptors (Lipinski definition) is 4. The molecule has 0 unspecified atom stereocenters. The van der Waals surface area contributed by atoms with Gasteiger partial charge in [0.2, 0.25) is 5.78 Å². The minimum atomic E-state index is -0.0426. The first-order valence-corrected chi connectivity index (χ1v) is 7.07. The maximum Gasteiger partial charge on any atom is 0.200 e. The molecule has 2 aliphatic carbocycles. The molecule has 0 atom stereocenters. The van der Waals surface area contributed by atoms with Crippen LogP contribution in [-0.2, 0) is 5.54 Å². The number of phenols is 1. The number of carbonyl (C=O) groups excluding carboxylic acids is 1. The summed E-state index contributed by atoms with van der Waals surface area (Å²) in [6, 6.07) is 12.9. The van der Waals surface area contributed by atoms with E-state index in [2.05, 4.69) is 31.0 Å². The lowest BCUT2D eigenvalue weighted by atomic mass is 9.90. The van der Waals surface area contributed by atoms with Gasteiger partial charge in [0, 0.05) is 0 Å². The molecule has 2 bridgehead atoms. The topological polar surface area (TPSA) is 68.0 Å². The van der Waals surface area contributed by atoms with Gasteiger partial charge in [-0.1, -0.05) is 18.2 Å². The quantitative estimate of drug-likeness (QED) is 0.541. The minimum absolute atomic E-state index is 0.0324. The fourth-order valence-electron chi connectivity index (χ4n) is 2.15. The molecule has 0 saturated heterocycles. The molecule has 5 heteroatoms. The van der Waals surface area contributed by atoms with Crippen LogP contribution in [0, 0.1) is 0 Å². The van der Waals surface area contributed by atoms with Crippen LogP contribution in [0.1, 0.15) is 36.7 Å². The molecule has 0 saturated carbocycles. The van der Waals surface area contributed by atoms with Crippen LogP contribution >= 0.6 is 0 Å². The number of aromatic hydroxyl groups is 1. The normalized spacial score (nSPS) is 12.6. The summed E-state index contributed by atoms with van der Waals surface area (Å²) in [6.45, 7) is 6.27. The van der Waals surface area contributed by atoms with Crippen molar-refractivity contribution in [1.29, 1.82) is 0 Å². The first-order chi connectivity index (χ1) is 10.4. The average molecular weight is 295 g/mol. The summed E-state index contributed by atoms with van der Waals surface area (Å²) in [6.07, 6.45) is 0. The number of ketones is 1. The third-order valence-corrected chi connectivity index (χ3v) is 3.41. The smallest absolute Gasteiger partial charge is 0.200 e. The number of carbonyl (C=O) groups is 1. The maximum absolute atomic E-state index is 10.7. The molecule has 1 heterocycles. The Balaban J connectivity index is 0.000000139. The number of fused-ring (bicyclic) bond motifs is 3. The molecule has 2 aliphatic rings. The van der Waals surface area contributed by atoms with Crippen LogP contribution in [0.15, 0.2) is 42.5 Å². The summed E-state index contributed by atoms with van der Waals surface area (Å²) in [5.74, 6) is 0.123. The largest absolute Gasteiger partial charge is 0.506 e.